The number of rotatable bonds is 4. The third kappa shape index (κ3) is 3.60. The van der Waals surface area contributed by atoms with Crippen molar-refractivity contribution in [2.45, 2.75) is 24.5 Å². The number of nitrogens with one attached hydrogen (secondary N) is 1. The van der Waals surface area contributed by atoms with Crippen LogP contribution in [0, 0.1) is 0 Å². The first-order valence-corrected chi connectivity index (χ1v) is 7.30. The molecule has 1 unspecified atom stereocenters. The first kappa shape index (κ1) is 13.1. The van der Waals surface area contributed by atoms with E-state index in [1.807, 2.05) is 18.2 Å². The van der Waals surface area contributed by atoms with E-state index in [0.717, 1.165) is 18.6 Å². The smallest absolute Gasteiger partial charge is 0.233 e. The van der Waals surface area contributed by atoms with Gasteiger partial charge in [0.05, 0.1) is 11.8 Å². The molecule has 1 N–H and O–H groups in total. The van der Waals surface area contributed by atoms with Gasteiger partial charge in [0, 0.05) is 5.56 Å². The minimum atomic E-state index is -0.0373. The van der Waals surface area contributed by atoms with Crippen LogP contribution < -0.4 is 5.32 Å². The highest BCUT2D eigenvalue weighted by atomic mass is 32.2. The predicted octanol–water partition coefficient (Wildman–Crippen LogP) is 2.27. The minimum Gasteiger partial charge on any atom is -0.348 e. The van der Waals surface area contributed by atoms with Gasteiger partial charge in [-0.25, -0.2) is 0 Å². The van der Waals surface area contributed by atoms with Crippen LogP contribution in [0.1, 0.15) is 29.6 Å². The molecule has 0 aromatic heterocycles. The maximum absolute atomic E-state index is 11.8. The second-order valence-corrected chi connectivity index (χ2v) is 5.67. The second kappa shape index (κ2) is 6.59. The molecule has 0 bridgehead atoms. The number of carbonyl (C=O) groups excluding carboxylic acids is 2. The first-order chi connectivity index (χ1) is 8.77. The van der Waals surface area contributed by atoms with Crippen molar-refractivity contribution in [2.24, 2.45) is 0 Å². The summed E-state index contributed by atoms with van der Waals surface area (Å²) < 4.78 is 0. The Morgan fingerprint density at radius 1 is 1.22 bits per heavy atom. The highest BCUT2D eigenvalue weighted by Crippen LogP contribution is 2.24. The van der Waals surface area contributed by atoms with E-state index in [9.17, 15) is 9.59 Å². The minimum absolute atomic E-state index is 0.00369. The lowest BCUT2D eigenvalue weighted by atomic mass is 10.1. The molecule has 1 atom stereocenters. The number of Topliss-reactive ketones (excluding diaryl/α,β-unsaturated/α-hetero) is 1. The van der Waals surface area contributed by atoms with E-state index in [0.29, 0.717) is 5.56 Å². The van der Waals surface area contributed by atoms with Gasteiger partial charge in [-0.1, -0.05) is 36.8 Å². The lowest BCUT2D eigenvalue weighted by Gasteiger charge is -2.20. The van der Waals surface area contributed by atoms with Crippen LogP contribution >= 0.6 is 11.8 Å². The van der Waals surface area contributed by atoms with Gasteiger partial charge in [0.15, 0.2) is 5.78 Å². The lowest BCUT2D eigenvalue weighted by Crippen LogP contribution is -2.37. The zero-order chi connectivity index (χ0) is 12.8. The van der Waals surface area contributed by atoms with E-state index in [2.05, 4.69) is 5.32 Å². The summed E-state index contributed by atoms with van der Waals surface area (Å²) in [6, 6.07) is 9.06. The highest BCUT2D eigenvalue weighted by Gasteiger charge is 2.21. The zero-order valence-corrected chi connectivity index (χ0v) is 11.0. The van der Waals surface area contributed by atoms with Crippen LogP contribution in [0.3, 0.4) is 0 Å². The lowest BCUT2D eigenvalue weighted by molar-refractivity contribution is -0.120. The maximum Gasteiger partial charge on any atom is 0.233 e. The van der Waals surface area contributed by atoms with Gasteiger partial charge in [-0.3, -0.25) is 9.59 Å². The molecular formula is C14H17NO2S. The summed E-state index contributed by atoms with van der Waals surface area (Å²) in [5, 5.41) is 2.77. The van der Waals surface area contributed by atoms with Crippen molar-refractivity contribution in [2.75, 3.05) is 12.3 Å². The van der Waals surface area contributed by atoms with Crippen LogP contribution in [-0.4, -0.2) is 29.2 Å². The topological polar surface area (TPSA) is 46.2 Å². The number of hydrogen-bond acceptors (Lipinski definition) is 3. The molecule has 3 nitrogen and oxygen atoms in total. The van der Waals surface area contributed by atoms with E-state index in [4.69, 9.17) is 0 Å². The summed E-state index contributed by atoms with van der Waals surface area (Å²) in [6.07, 6.45) is 3.23. The van der Waals surface area contributed by atoms with Crippen molar-refractivity contribution in [1.29, 1.82) is 0 Å². The Hall–Kier alpha value is -1.29. The Morgan fingerprint density at radius 2 is 2.00 bits per heavy atom. The second-order valence-electron chi connectivity index (χ2n) is 4.36. The van der Waals surface area contributed by atoms with Crippen molar-refractivity contribution in [3.05, 3.63) is 35.9 Å². The van der Waals surface area contributed by atoms with Crippen molar-refractivity contribution in [1.82, 2.24) is 5.32 Å². The maximum atomic E-state index is 11.8. The summed E-state index contributed by atoms with van der Waals surface area (Å²) >= 11 is 1.70. The zero-order valence-electron chi connectivity index (χ0n) is 10.2. The molecule has 1 heterocycles. The van der Waals surface area contributed by atoms with Crippen LogP contribution in [0.2, 0.25) is 0 Å². The molecule has 1 saturated heterocycles. The number of thioether (sulfide) groups is 1. The molecule has 0 radical (unpaired) electrons. The molecule has 1 amide bonds. The fraction of sp³-hybridized carbons (Fsp3) is 0.429. The van der Waals surface area contributed by atoms with Crippen molar-refractivity contribution >= 4 is 23.5 Å². The van der Waals surface area contributed by atoms with E-state index in [1.165, 1.54) is 6.42 Å². The van der Waals surface area contributed by atoms with E-state index < -0.39 is 0 Å². The first-order valence-electron chi connectivity index (χ1n) is 6.25. The molecule has 1 aromatic rings. The van der Waals surface area contributed by atoms with Gasteiger partial charge >= 0.3 is 0 Å². The molecule has 18 heavy (non-hydrogen) atoms. The molecule has 1 aromatic carbocycles. The van der Waals surface area contributed by atoms with Crippen molar-refractivity contribution in [3.8, 4) is 0 Å². The van der Waals surface area contributed by atoms with Gasteiger partial charge in [0.2, 0.25) is 5.91 Å². The van der Waals surface area contributed by atoms with Gasteiger partial charge in [0.1, 0.15) is 0 Å². The van der Waals surface area contributed by atoms with Gasteiger partial charge in [-0.15, -0.1) is 11.8 Å². The number of hydrogen-bond donors (Lipinski definition) is 1. The Labute approximate surface area is 111 Å². The molecular weight excluding hydrogens is 246 g/mol. The Morgan fingerprint density at radius 3 is 2.67 bits per heavy atom. The van der Waals surface area contributed by atoms with Gasteiger partial charge in [-0.2, -0.15) is 0 Å². The number of amides is 1. The van der Waals surface area contributed by atoms with Crippen molar-refractivity contribution in [3.63, 3.8) is 0 Å². The average molecular weight is 263 g/mol. The fourth-order valence-corrected chi connectivity index (χ4v) is 3.18. The van der Waals surface area contributed by atoms with E-state index in [-0.39, 0.29) is 23.5 Å². The summed E-state index contributed by atoms with van der Waals surface area (Å²) in [4.78, 5) is 23.7. The largest absolute Gasteiger partial charge is 0.348 e. The third-order valence-electron chi connectivity index (χ3n) is 2.99. The third-order valence-corrected chi connectivity index (χ3v) is 4.37. The summed E-state index contributed by atoms with van der Waals surface area (Å²) in [5.41, 5.74) is 0.647. The molecule has 1 aliphatic heterocycles. The van der Waals surface area contributed by atoms with Crippen LogP contribution in [-0.2, 0) is 4.79 Å². The molecule has 0 saturated carbocycles. The summed E-state index contributed by atoms with van der Waals surface area (Å²) in [5.74, 6) is 1.01. The predicted molar refractivity (Wildman–Crippen MR) is 73.9 cm³/mol. The molecule has 1 aliphatic rings. The average Bonchev–Trinajstić information content (AvgIpc) is 2.46. The van der Waals surface area contributed by atoms with E-state index >= 15 is 0 Å². The molecule has 1 fully saturated rings. The number of ketones is 1. The van der Waals surface area contributed by atoms with Crippen LogP contribution in [0.4, 0.5) is 0 Å². The molecule has 2 rings (SSSR count). The quantitative estimate of drug-likeness (QED) is 0.848. The van der Waals surface area contributed by atoms with Crippen LogP contribution in [0.5, 0.6) is 0 Å². The Balaban J connectivity index is 1.80. The number of benzene rings is 1. The number of carbonyl (C=O) groups is 2. The van der Waals surface area contributed by atoms with Gasteiger partial charge in [-0.05, 0) is 18.6 Å². The summed E-state index contributed by atoms with van der Waals surface area (Å²) in [6.45, 7) is 0.0971. The fourth-order valence-electron chi connectivity index (χ4n) is 1.95. The van der Waals surface area contributed by atoms with Gasteiger partial charge in [0.25, 0.3) is 0 Å². The van der Waals surface area contributed by atoms with Gasteiger partial charge < -0.3 is 5.32 Å². The van der Waals surface area contributed by atoms with Crippen LogP contribution in [0.25, 0.3) is 0 Å². The molecule has 0 aliphatic carbocycles. The van der Waals surface area contributed by atoms with Crippen molar-refractivity contribution < 1.29 is 9.59 Å². The highest BCUT2D eigenvalue weighted by molar-refractivity contribution is 8.00. The molecule has 96 valence electrons. The standard InChI is InChI=1S/C14H17NO2S/c16-12(11-6-2-1-3-7-11)10-15-14(17)13-8-4-5-9-18-13/h1-3,6-7,13H,4-5,8-10H2,(H,15,17). The summed E-state index contributed by atoms with van der Waals surface area (Å²) in [7, 11) is 0. The van der Waals surface area contributed by atoms with E-state index in [1.54, 1.807) is 23.9 Å². The normalized spacial score (nSPS) is 19.2. The SMILES string of the molecule is O=C(CNC(=O)C1CCCCS1)c1ccccc1. The monoisotopic (exact) mass is 263 g/mol. The molecule has 4 heteroatoms. The Kier molecular flexibility index (Phi) is 4.81. The molecule has 0 spiro atoms. The van der Waals surface area contributed by atoms with Crippen LogP contribution in [0.15, 0.2) is 30.3 Å². The Bertz CT molecular complexity index is 413.